The number of amides is 1. The molecule has 5 nitrogen and oxygen atoms in total. The van der Waals surface area contributed by atoms with Crippen molar-refractivity contribution in [3.8, 4) is 0 Å². The van der Waals surface area contributed by atoms with Gasteiger partial charge in [-0.25, -0.2) is 0 Å². The number of para-hydroxylation sites is 1. The number of carbonyl (C=O) groups excluding carboxylic acids is 1. The summed E-state index contributed by atoms with van der Waals surface area (Å²) >= 11 is 3.37. The van der Waals surface area contributed by atoms with Crippen LogP contribution in [0.5, 0.6) is 0 Å². The van der Waals surface area contributed by atoms with Gasteiger partial charge in [0.25, 0.3) is 5.91 Å². The van der Waals surface area contributed by atoms with E-state index in [9.17, 15) is 4.79 Å². The summed E-state index contributed by atoms with van der Waals surface area (Å²) in [4.78, 5) is 14.4. The predicted octanol–water partition coefficient (Wildman–Crippen LogP) is 4.65. The average Bonchev–Trinajstić information content (AvgIpc) is 2.65. The molecule has 2 aromatic carbocycles. The molecule has 1 amide bonds. The summed E-state index contributed by atoms with van der Waals surface area (Å²) in [5.74, 6) is 0.908. The molecule has 126 valence electrons. The Morgan fingerprint density at radius 2 is 1.72 bits per heavy atom. The molecule has 0 fully saturated rings. The molecule has 0 radical (unpaired) electrons. The first-order valence-electron chi connectivity index (χ1n) is 7.91. The smallest absolute Gasteiger partial charge is 0.258 e. The molecule has 1 aromatic heterocycles. The zero-order chi connectivity index (χ0) is 17.6. The molecule has 0 saturated heterocycles. The number of anilines is 3. The van der Waals surface area contributed by atoms with Crippen LogP contribution in [0.4, 0.5) is 17.3 Å². The fourth-order valence-electron chi connectivity index (χ4n) is 2.45. The van der Waals surface area contributed by atoms with E-state index in [2.05, 4.69) is 38.4 Å². The van der Waals surface area contributed by atoms with Crippen molar-refractivity contribution in [1.29, 1.82) is 0 Å². The van der Waals surface area contributed by atoms with Gasteiger partial charge >= 0.3 is 0 Å². The number of hydrogen-bond donors (Lipinski definition) is 1. The summed E-state index contributed by atoms with van der Waals surface area (Å²) in [5.41, 5.74) is 1.59. The number of aromatic nitrogens is 2. The maximum absolute atomic E-state index is 12.3. The first kappa shape index (κ1) is 17.1. The maximum Gasteiger partial charge on any atom is 0.258 e. The van der Waals surface area contributed by atoms with Crippen molar-refractivity contribution < 1.29 is 4.79 Å². The van der Waals surface area contributed by atoms with Gasteiger partial charge in [-0.1, -0.05) is 30.3 Å². The molecule has 0 bridgehead atoms. The number of nitrogens with zero attached hydrogens (tertiary/aromatic N) is 3. The van der Waals surface area contributed by atoms with Gasteiger partial charge in [0.2, 0.25) is 0 Å². The predicted molar refractivity (Wildman–Crippen MR) is 103 cm³/mol. The van der Waals surface area contributed by atoms with Crippen molar-refractivity contribution in [2.75, 3.05) is 16.8 Å². The lowest BCUT2D eigenvalue weighted by atomic mass is 10.2. The highest BCUT2D eigenvalue weighted by molar-refractivity contribution is 9.10. The minimum Gasteiger partial charge on any atom is -0.325 e. The molecule has 6 heteroatoms. The molecule has 0 aliphatic rings. The van der Waals surface area contributed by atoms with Crippen LogP contribution < -0.4 is 10.2 Å². The van der Waals surface area contributed by atoms with Gasteiger partial charge < -0.3 is 10.2 Å². The quantitative estimate of drug-likeness (QED) is 0.681. The SMILES string of the molecule is CCN(c1ccccc1)c1ccc(NC(=O)c2ccccc2Br)nn1. The van der Waals surface area contributed by atoms with Crippen molar-refractivity contribution >= 4 is 39.2 Å². The molecule has 0 unspecified atom stereocenters. The van der Waals surface area contributed by atoms with Crippen LogP contribution in [0.1, 0.15) is 17.3 Å². The Morgan fingerprint density at radius 1 is 1.00 bits per heavy atom. The Labute approximate surface area is 154 Å². The molecular weight excluding hydrogens is 380 g/mol. The Hall–Kier alpha value is -2.73. The van der Waals surface area contributed by atoms with Crippen molar-refractivity contribution in [3.05, 3.63) is 76.8 Å². The summed E-state index contributed by atoms with van der Waals surface area (Å²) in [6.45, 7) is 2.82. The number of rotatable bonds is 5. The molecule has 0 aliphatic carbocycles. The topological polar surface area (TPSA) is 58.1 Å². The summed E-state index contributed by atoms with van der Waals surface area (Å²) in [6, 6.07) is 20.8. The zero-order valence-electron chi connectivity index (χ0n) is 13.7. The summed E-state index contributed by atoms with van der Waals surface area (Å²) < 4.78 is 0.735. The number of halogens is 1. The molecule has 25 heavy (non-hydrogen) atoms. The van der Waals surface area contributed by atoms with E-state index in [1.165, 1.54) is 0 Å². The molecule has 3 rings (SSSR count). The van der Waals surface area contributed by atoms with Crippen molar-refractivity contribution in [3.63, 3.8) is 0 Å². The Balaban J connectivity index is 1.76. The van der Waals surface area contributed by atoms with E-state index in [4.69, 9.17) is 0 Å². The number of carbonyl (C=O) groups is 1. The van der Waals surface area contributed by atoms with Crippen LogP contribution in [-0.4, -0.2) is 22.6 Å². The largest absolute Gasteiger partial charge is 0.325 e. The van der Waals surface area contributed by atoms with Crippen LogP contribution in [0.2, 0.25) is 0 Å². The van der Waals surface area contributed by atoms with Crippen LogP contribution in [0.15, 0.2) is 71.2 Å². The van der Waals surface area contributed by atoms with E-state index in [0.717, 1.165) is 22.5 Å². The lowest BCUT2D eigenvalue weighted by Gasteiger charge is -2.21. The van der Waals surface area contributed by atoms with E-state index in [-0.39, 0.29) is 5.91 Å². The Bertz CT molecular complexity index is 853. The third-order valence-electron chi connectivity index (χ3n) is 3.67. The highest BCUT2D eigenvalue weighted by Gasteiger charge is 2.12. The van der Waals surface area contributed by atoms with Crippen molar-refractivity contribution in [1.82, 2.24) is 10.2 Å². The van der Waals surface area contributed by atoms with E-state index < -0.39 is 0 Å². The number of hydrogen-bond acceptors (Lipinski definition) is 4. The first-order chi connectivity index (χ1) is 12.2. The molecule has 0 aliphatic heterocycles. The third kappa shape index (κ3) is 4.03. The fourth-order valence-corrected chi connectivity index (χ4v) is 2.91. The number of benzene rings is 2. The maximum atomic E-state index is 12.3. The minimum absolute atomic E-state index is 0.232. The highest BCUT2D eigenvalue weighted by atomic mass is 79.9. The molecule has 1 heterocycles. The van der Waals surface area contributed by atoms with E-state index in [1.54, 1.807) is 12.1 Å². The van der Waals surface area contributed by atoms with E-state index >= 15 is 0 Å². The van der Waals surface area contributed by atoms with Gasteiger partial charge in [-0.05, 0) is 59.3 Å². The van der Waals surface area contributed by atoms with Gasteiger partial charge in [-0.15, -0.1) is 10.2 Å². The molecule has 0 atom stereocenters. The van der Waals surface area contributed by atoms with Crippen molar-refractivity contribution in [2.45, 2.75) is 6.92 Å². The number of nitrogens with one attached hydrogen (secondary N) is 1. The van der Waals surface area contributed by atoms with Gasteiger partial charge in [0.05, 0.1) is 5.56 Å². The Morgan fingerprint density at radius 3 is 2.36 bits per heavy atom. The van der Waals surface area contributed by atoms with Crippen LogP contribution in [0.3, 0.4) is 0 Å². The fraction of sp³-hybridized carbons (Fsp3) is 0.105. The van der Waals surface area contributed by atoms with Gasteiger partial charge in [-0.2, -0.15) is 0 Å². The van der Waals surface area contributed by atoms with Gasteiger partial charge in [0.15, 0.2) is 11.6 Å². The molecular formula is C19H17BrN4O. The second-order valence-electron chi connectivity index (χ2n) is 5.29. The minimum atomic E-state index is -0.232. The molecule has 3 aromatic rings. The van der Waals surface area contributed by atoms with E-state index in [1.807, 2.05) is 59.5 Å². The van der Waals surface area contributed by atoms with E-state index in [0.29, 0.717) is 11.4 Å². The van der Waals surface area contributed by atoms with Crippen LogP contribution >= 0.6 is 15.9 Å². The van der Waals surface area contributed by atoms with Gasteiger partial charge in [0, 0.05) is 16.7 Å². The zero-order valence-corrected chi connectivity index (χ0v) is 15.3. The average molecular weight is 397 g/mol. The molecule has 0 spiro atoms. The normalized spacial score (nSPS) is 10.3. The highest BCUT2D eigenvalue weighted by Crippen LogP contribution is 2.23. The summed E-state index contributed by atoms with van der Waals surface area (Å²) in [7, 11) is 0. The van der Waals surface area contributed by atoms with Crippen LogP contribution in [0, 0.1) is 0 Å². The van der Waals surface area contributed by atoms with Gasteiger partial charge in [0.1, 0.15) is 0 Å². The standard InChI is InChI=1S/C19H17BrN4O/c1-2-24(14-8-4-3-5-9-14)18-13-12-17(22-23-18)21-19(25)15-10-6-7-11-16(15)20/h3-13H,2H2,1H3,(H,21,22,25). The molecule has 1 N–H and O–H groups in total. The Kier molecular flexibility index (Phi) is 5.40. The third-order valence-corrected chi connectivity index (χ3v) is 4.36. The second kappa shape index (κ2) is 7.90. The molecule has 0 saturated carbocycles. The summed E-state index contributed by atoms with van der Waals surface area (Å²) in [5, 5.41) is 11.1. The lowest BCUT2D eigenvalue weighted by Crippen LogP contribution is -2.19. The van der Waals surface area contributed by atoms with Crippen molar-refractivity contribution in [2.24, 2.45) is 0 Å². The van der Waals surface area contributed by atoms with Gasteiger partial charge in [-0.3, -0.25) is 4.79 Å². The second-order valence-corrected chi connectivity index (χ2v) is 6.14. The summed E-state index contributed by atoms with van der Waals surface area (Å²) in [6.07, 6.45) is 0. The lowest BCUT2D eigenvalue weighted by molar-refractivity contribution is 0.102. The van der Waals surface area contributed by atoms with Crippen LogP contribution in [0.25, 0.3) is 0 Å². The monoisotopic (exact) mass is 396 g/mol. The first-order valence-corrected chi connectivity index (χ1v) is 8.70. The van der Waals surface area contributed by atoms with Crippen LogP contribution in [-0.2, 0) is 0 Å².